The first-order valence-electron chi connectivity index (χ1n) is 4.63. The minimum Gasteiger partial charge on any atom is -0.0882 e. The minimum atomic E-state index is 1.06. The highest BCUT2D eigenvalue weighted by Gasteiger charge is 1.80. The van der Waals surface area contributed by atoms with Crippen LogP contribution in [-0.4, -0.2) is 0 Å². The van der Waals surface area contributed by atoms with Gasteiger partial charge < -0.3 is 0 Å². The molecule has 0 heterocycles. The third-order valence-corrected chi connectivity index (χ3v) is 1.79. The molecule has 0 aromatic rings. The summed E-state index contributed by atoms with van der Waals surface area (Å²) in [6.45, 7) is 0. The van der Waals surface area contributed by atoms with E-state index in [1.165, 1.54) is 19.3 Å². The molecule has 0 nitrogen and oxygen atoms in total. The van der Waals surface area contributed by atoms with Crippen molar-refractivity contribution in [2.75, 3.05) is 0 Å². The van der Waals surface area contributed by atoms with Gasteiger partial charge in [0.2, 0.25) is 0 Å². The average molecular weight is 160 g/mol. The van der Waals surface area contributed by atoms with Gasteiger partial charge in [-0.2, -0.15) is 0 Å². The molecule has 0 aromatic heterocycles. The SMILES string of the molecule is C1=C\C=C\CCC/C=C/C/C=C/1. The summed E-state index contributed by atoms with van der Waals surface area (Å²) in [7, 11) is 0. The van der Waals surface area contributed by atoms with E-state index in [2.05, 4.69) is 48.6 Å². The summed E-state index contributed by atoms with van der Waals surface area (Å²) < 4.78 is 0. The first kappa shape index (κ1) is 9.05. The van der Waals surface area contributed by atoms with E-state index in [9.17, 15) is 0 Å². The summed E-state index contributed by atoms with van der Waals surface area (Å²) in [6, 6.07) is 0. The van der Waals surface area contributed by atoms with Crippen LogP contribution in [0.25, 0.3) is 0 Å². The van der Waals surface area contributed by atoms with Gasteiger partial charge in [0.25, 0.3) is 0 Å². The Hall–Kier alpha value is -1.04. The Labute approximate surface area is 75.0 Å². The molecule has 1 aliphatic carbocycles. The van der Waals surface area contributed by atoms with E-state index in [-0.39, 0.29) is 0 Å². The van der Waals surface area contributed by atoms with E-state index < -0.39 is 0 Å². The number of rotatable bonds is 0. The van der Waals surface area contributed by atoms with Gasteiger partial charge in [-0.1, -0.05) is 48.6 Å². The van der Waals surface area contributed by atoms with Crippen LogP contribution < -0.4 is 0 Å². The number of hydrogen-bond donors (Lipinski definition) is 0. The largest absolute Gasteiger partial charge is 0.0882 e. The summed E-state index contributed by atoms with van der Waals surface area (Å²) in [5.41, 5.74) is 0. The molecule has 0 radical (unpaired) electrons. The van der Waals surface area contributed by atoms with Crippen molar-refractivity contribution < 1.29 is 0 Å². The molecular weight excluding hydrogens is 144 g/mol. The molecule has 64 valence electrons. The summed E-state index contributed by atoms with van der Waals surface area (Å²) in [6.07, 6.45) is 22.0. The Morgan fingerprint density at radius 1 is 0.583 bits per heavy atom. The van der Waals surface area contributed by atoms with Crippen molar-refractivity contribution in [2.45, 2.75) is 25.7 Å². The molecule has 0 spiro atoms. The van der Waals surface area contributed by atoms with Crippen LogP contribution in [0.2, 0.25) is 0 Å². The van der Waals surface area contributed by atoms with Crippen molar-refractivity contribution in [3.05, 3.63) is 48.6 Å². The lowest BCUT2D eigenvalue weighted by molar-refractivity contribution is 0.866. The van der Waals surface area contributed by atoms with Crippen LogP contribution in [0.15, 0.2) is 48.6 Å². The molecule has 12 heavy (non-hydrogen) atoms. The van der Waals surface area contributed by atoms with Crippen LogP contribution in [0.1, 0.15) is 25.7 Å². The molecule has 0 amide bonds. The third kappa shape index (κ3) is 4.73. The third-order valence-electron chi connectivity index (χ3n) is 1.79. The maximum Gasteiger partial charge on any atom is -0.0166 e. The molecule has 0 unspecified atom stereocenters. The van der Waals surface area contributed by atoms with Crippen molar-refractivity contribution in [2.24, 2.45) is 0 Å². The van der Waals surface area contributed by atoms with E-state index >= 15 is 0 Å². The van der Waals surface area contributed by atoms with Gasteiger partial charge in [-0.05, 0) is 25.7 Å². The lowest BCUT2D eigenvalue weighted by atomic mass is 10.2. The highest BCUT2D eigenvalue weighted by atomic mass is 13.9. The predicted molar refractivity (Wildman–Crippen MR) is 55.0 cm³/mol. The Bertz CT molecular complexity index is 204. The van der Waals surface area contributed by atoms with Gasteiger partial charge in [-0.25, -0.2) is 0 Å². The van der Waals surface area contributed by atoms with Crippen LogP contribution in [0.4, 0.5) is 0 Å². The zero-order chi connectivity index (χ0) is 8.49. The molecule has 0 aliphatic heterocycles. The molecular formula is C12H16. The second kappa shape index (κ2) is 6.66. The van der Waals surface area contributed by atoms with E-state index in [1.807, 2.05) is 0 Å². The lowest BCUT2D eigenvalue weighted by Crippen LogP contribution is -1.69. The van der Waals surface area contributed by atoms with Crippen molar-refractivity contribution in [1.82, 2.24) is 0 Å². The van der Waals surface area contributed by atoms with Crippen LogP contribution in [0, 0.1) is 0 Å². The molecule has 0 aromatic carbocycles. The standard InChI is InChI=1S/C12H16/c1-2-4-6-8-10-12-11-9-7-5-3-1/h1-6,9,11H,7-8,10,12H2/b2-1-,5-3+,6-4+,11-9+. The Kier molecular flexibility index (Phi) is 5.02. The lowest BCUT2D eigenvalue weighted by Gasteiger charge is -1.90. The van der Waals surface area contributed by atoms with Crippen molar-refractivity contribution in [3.8, 4) is 0 Å². The Balaban J connectivity index is 2.42. The Morgan fingerprint density at radius 3 is 2.25 bits per heavy atom. The summed E-state index contributed by atoms with van der Waals surface area (Å²) >= 11 is 0. The van der Waals surface area contributed by atoms with Crippen molar-refractivity contribution in [1.29, 1.82) is 0 Å². The first-order valence-corrected chi connectivity index (χ1v) is 4.63. The minimum absolute atomic E-state index is 1.06. The van der Waals surface area contributed by atoms with Gasteiger partial charge in [0.05, 0.1) is 0 Å². The molecule has 0 bridgehead atoms. The molecule has 0 saturated heterocycles. The van der Waals surface area contributed by atoms with Gasteiger partial charge in [0, 0.05) is 0 Å². The highest BCUT2D eigenvalue weighted by Crippen LogP contribution is 2.00. The molecule has 1 rings (SSSR count). The van der Waals surface area contributed by atoms with Gasteiger partial charge >= 0.3 is 0 Å². The first-order chi connectivity index (χ1) is 6.00. The molecule has 0 heteroatoms. The number of allylic oxidation sites excluding steroid dienone is 8. The smallest absolute Gasteiger partial charge is 0.0166 e. The zero-order valence-electron chi connectivity index (χ0n) is 7.45. The molecule has 0 saturated carbocycles. The van der Waals surface area contributed by atoms with E-state index in [4.69, 9.17) is 0 Å². The van der Waals surface area contributed by atoms with Crippen LogP contribution in [-0.2, 0) is 0 Å². The van der Waals surface area contributed by atoms with Gasteiger partial charge in [-0.15, -0.1) is 0 Å². The van der Waals surface area contributed by atoms with E-state index in [1.54, 1.807) is 0 Å². The monoisotopic (exact) mass is 160 g/mol. The van der Waals surface area contributed by atoms with Crippen molar-refractivity contribution in [3.63, 3.8) is 0 Å². The second-order valence-electron chi connectivity index (χ2n) is 2.88. The van der Waals surface area contributed by atoms with Gasteiger partial charge in [0.1, 0.15) is 0 Å². The zero-order valence-corrected chi connectivity index (χ0v) is 7.45. The maximum atomic E-state index is 2.27. The summed E-state index contributed by atoms with van der Waals surface area (Å²) in [4.78, 5) is 0. The van der Waals surface area contributed by atoms with E-state index in [0.717, 1.165) is 6.42 Å². The normalized spacial score (nSPS) is 29.3. The fraction of sp³-hybridized carbons (Fsp3) is 0.333. The fourth-order valence-electron chi connectivity index (χ4n) is 1.11. The molecule has 1 aliphatic rings. The highest BCUT2D eigenvalue weighted by molar-refractivity contribution is 5.12. The van der Waals surface area contributed by atoms with Crippen molar-refractivity contribution >= 4 is 0 Å². The van der Waals surface area contributed by atoms with Crippen LogP contribution in [0.5, 0.6) is 0 Å². The van der Waals surface area contributed by atoms with Crippen LogP contribution >= 0.6 is 0 Å². The topological polar surface area (TPSA) is 0 Å². The summed E-state index contributed by atoms with van der Waals surface area (Å²) in [5, 5.41) is 0. The van der Waals surface area contributed by atoms with Gasteiger partial charge in [0.15, 0.2) is 0 Å². The van der Waals surface area contributed by atoms with Crippen LogP contribution in [0.3, 0.4) is 0 Å². The molecule has 0 N–H and O–H groups in total. The van der Waals surface area contributed by atoms with Gasteiger partial charge in [-0.3, -0.25) is 0 Å². The quantitative estimate of drug-likeness (QED) is 0.473. The second-order valence-corrected chi connectivity index (χ2v) is 2.88. The Morgan fingerprint density at radius 2 is 1.33 bits per heavy atom. The molecule has 0 atom stereocenters. The fourth-order valence-corrected chi connectivity index (χ4v) is 1.11. The van der Waals surface area contributed by atoms with E-state index in [0.29, 0.717) is 0 Å². The maximum absolute atomic E-state index is 2.27. The summed E-state index contributed by atoms with van der Waals surface area (Å²) in [5.74, 6) is 0. The predicted octanol–water partition coefficient (Wildman–Crippen LogP) is 3.79. The number of hydrogen-bond acceptors (Lipinski definition) is 0. The molecule has 0 fully saturated rings. The average Bonchev–Trinajstić information content (AvgIpc) is 2.05.